The van der Waals surface area contributed by atoms with E-state index in [4.69, 9.17) is 5.73 Å². The van der Waals surface area contributed by atoms with Crippen molar-refractivity contribution < 1.29 is 0 Å². The molecular weight excluding hydrogens is 122 g/mol. The summed E-state index contributed by atoms with van der Waals surface area (Å²) in [6.45, 7) is 6.75. The third-order valence-electron chi connectivity index (χ3n) is 1.76. The maximum absolute atomic E-state index is 5.27. The van der Waals surface area contributed by atoms with Gasteiger partial charge in [-0.15, -0.1) is 0 Å². The molecule has 1 nitrogen and oxygen atoms in total. The Balaban J connectivity index is 3.14. The molecule has 2 N–H and O–H groups in total. The molecule has 52 valence electrons. The average Bonchev–Trinajstić information content (AvgIpc) is 1.95. The van der Waals surface area contributed by atoms with Crippen LogP contribution in [0.5, 0.6) is 0 Å². The number of nitrogens with two attached hydrogens (primary N) is 1. The van der Waals surface area contributed by atoms with Crippen LogP contribution in [0, 0.1) is 20.4 Å². The van der Waals surface area contributed by atoms with E-state index in [1.54, 1.807) is 0 Å². The highest BCUT2D eigenvalue weighted by molar-refractivity contribution is 5.36. The fourth-order valence-electron chi connectivity index (χ4n) is 0.907. The highest BCUT2D eigenvalue weighted by Gasteiger charge is 1.96. The van der Waals surface area contributed by atoms with Crippen molar-refractivity contribution in [2.24, 2.45) is 5.73 Å². The van der Waals surface area contributed by atoms with Crippen molar-refractivity contribution in [2.75, 3.05) is 0 Å². The minimum absolute atomic E-state index is 1.00. The van der Waals surface area contributed by atoms with Crippen molar-refractivity contribution in [2.45, 2.75) is 13.8 Å². The first kappa shape index (κ1) is 7.29. The Kier molecular flexibility index (Phi) is 2.07. The molecule has 0 atom stereocenters. The topological polar surface area (TPSA) is 26.0 Å². The predicted octanol–water partition coefficient (Wildman–Crippen LogP) is 1.65. The number of aryl methyl sites for hydroxylation is 1. The van der Waals surface area contributed by atoms with Crippen LogP contribution in [0.1, 0.15) is 16.7 Å². The molecule has 0 bridgehead atoms. The predicted molar refractivity (Wildman–Crippen MR) is 42.4 cm³/mol. The maximum Gasteiger partial charge on any atom is 0.0907 e. The third-order valence-corrected chi connectivity index (χ3v) is 1.76. The maximum atomic E-state index is 5.27. The van der Waals surface area contributed by atoms with Gasteiger partial charge < -0.3 is 5.73 Å². The van der Waals surface area contributed by atoms with E-state index in [1.165, 1.54) is 11.1 Å². The molecule has 0 saturated heterocycles. The molecular formula is C9H11N. The monoisotopic (exact) mass is 133 g/mol. The molecule has 1 aromatic rings. The summed E-state index contributed by atoms with van der Waals surface area (Å²) in [5.74, 6) is 0. The fraction of sp³-hybridized carbons (Fsp3) is 0.222. The van der Waals surface area contributed by atoms with Crippen LogP contribution in [0.3, 0.4) is 0 Å². The second-order valence-corrected chi connectivity index (χ2v) is 2.39. The molecule has 0 aliphatic heterocycles. The Hall–Kier alpha value is -0.820. The lowest BCUT2D eigenvalue weighted by atomic mass is 10.0. The van der Waals surface area contributed by atoms with Crippen molar-refractivity contribution in [3.8, 4) is 0 Å². The van der Waals surface area contributed by atoms with Gasteiger partial charge in [-0.25, -0.2) is 0 Å². The lowest BCUT2D eigenvalue weighted by Gasteiger charge is -2.03. The lowest BCUT2D eigenvalue weighted by Crippen LogP contribution is -1.96. The molecule has 1 aromatic carbocycles. The summed E-state index contributed by atoms with van der Waals surface area (Å²) in [6, 6.07) is 6.01. The Morgan fingerprint density at radius 3 is 2.50 bits per heavy atom. The number of benzene rings is 1. The molecule has 0 saturated carbocycles. The summed E-state index contributed by atoms with van der Waals surface area (Å²) < 4.78 is 0. The first-order valence-corrected chi connectivity index (χ1v) is 3.28. The molecule has 1 heteroatoms. The van der Waals surface area contributed by atoms with E-state index in [0.29, 0.717) is 0 Å². The van der Waals surface area contributed by atoms with E-state index in [9.17, 15) is 0 Å². The Bertz CT molecular complexity index is 228. The highest BCUT2D eigenvalue weighted by Crippen LogP contribution is 2.11. The zero-order chi connectivity index (χ0) is 7.56. The minimum Gasteiger partial charge on any atom is -0.318 e. The van der Waals surface area contributed by atoms with E-state index in [0.717, 1.165) is 5.56 Å². The molecule has 0 aromatic heterocycles. The summed E-state index contributed by atoms with van der Waals surface area (Å²) in [4.78, 5) is 0. The molecule has 0 aliphatic carbocycles. The first-order chi connectivity index (χ1) is 4.75. The SMILES string of the molecule is Cc1cccc([C]N)c1C. The third kappa shape index (κ3) is 1.19. The lowest BCUT2D eigenvalue weighted by molar-refractivity contribution is 1.24. The van der Waals surface area contributed by atoms with Gasteiger partial charge >= 0.3 is 0 Å². The molecule has 1 rings (SSSR count). The van der Waals surface area contributed by atoms with E-state index >= 15 is 0 Å². The van der Waals surface area contributed by atoms with Crippen LogP contribution in [-0.4, -0.2) is 0 Å². The molecule has 0 spiro atoms. The Morgan fingerprint density at radius 1 is 1.30 bits per heavy atom. The van der Waals surface area contributed by atoms with Crippen LogP contribution < -0.4 is 5.73 Å². The smallest absolute Gasteiger partial charge is 0.0907 e. The molecule has 2 radical (unpaired) electrons. The molecule has 10 heavy (non-hydrogen) atoms. The van der Waals surface area contributed by atoms with Gasteiger partial charge in [-0.2, -0.15) is 0 Å². The van der Waals surface area contributed by atoms with Gasteiger partial charge in [0.05, 0.1) is 6.54 Å². The van der Waals surface area contributed by atoms with Crippen molar-refractivity contribution in [1.82, 2.24) is 0 Å². The Morgan fingerprint density at radius 2 is 2.00 bits per heavy atom. The van der Waals surface area contributed by atoms with Crippen molar-refractivity contribution >= 4 is 0 Å². The van der Waals surface area contributed by atoms with Crippen molar-refractivity contribution in [1.29, 1.82) is 0 Å². The summed E-state index contributed by atoms with van der Waals surface area (Å²) in [5, 5.41) is 0. The second-order valence-electron chi connectivity index (χ2n) is 2.39. The van der Waals surface area contributed by atoms with Crippen LogP contribution in [-0.2, 0) is 0 Å². The van der Waals surface area contributed by atoms with Crippen LogP contribution in [0.15, 0.2) is 18.2 Å². The van der Waals surface area contributed by atoms with E-state index in [1.807, 2.05) is 19.1 Å². The molecule has 0 fully saturated rings. The molecule has 0 heterocycles. The second kappa shape index (κ2) is 2.84. The standard InChI is InChI=1S/C9H11N/c1-7-4-3-5-9(6-10)8(7)2/h3-5H,10H2,1-2H3. The highest BCUT2D eigenvalue weighted by atomic mass is 14.5. The van der Waals surface area contributed by atoms with Crippen LogP contribution in [0.25, 0.3) is 0 Å². The van der Waals surface area contributed by atoms with Gasteiger partial charge in [0.25, 0.3) is 0 Å². The molecule has 0 unspecified atom stereocenters. The summed E-state index contributed by atoms with van der Waals surface area (Å²) in [5.41, 5.74) is 8.74. The van der Waals surface area contributed by atoms with Crippen molar-refractivity contribution in [3.05, 3.63) is 41.4 Å². The number of rotatable bonds is 1. The quantitative estimate of drug-likeness (QED) is 0.579. The largest absolute Gasteiger partial charge is 0.318 e. The van der Waals surface area contributed by atoms with E-state index in [-0.39, 0.29) is 0 Å². The minimum atomic E-state index is 1.00. The van der Waals surface area contributed by atoms with Crippen LogP contribution in [0.4, 0.5) is 0 Å². The zero-order valence-corrected chi connectivity index (χ0v) is 6.31. The van der Waals surface area contributed by atoms with Gasteiger partial charge in [0.2, 0.25) is 0 Å². The van der Waals surface area contributed by atoms with Crippen LogP contribution in [0.2, 0.25) is 0 Å². The Labute approximate surface area is 61.9 Å². The van der Waals surface area contributed by atoms with Gasteiger partial charge in [0.15, 0.2) is 0 Å². The van der Waals surface area contributed by atoms with Gasteiger partial charge in [-0.1, -0.05) is 18.2 Å². The number of hydrogen-bond acceptors (Lipinski definition) is 1. The van der Waals surface area contributed by atoms with E-state index < -0.39 is 0 Å². The average molecular weight is 133 g/mol. The summed E-state index contributed by atoms with van der Waals surface area (Å²) in [6.07, 6.45) is 0. The fourth-order valence-corrected chi connectivity index (χ4v) is 0.907. The normalized spacial score (nSPS) is 9.90. The van der Waals surface area contributed by atoms with Crippen molar-refractivity contribution in [3.63, 3.8) is 0 Å². The summed E-state index contributed by atoms with van der Waals surface area (Å²) in [7, 11) is 0. The zero-order valence-electron chi connectivity index (χ0n) is 6.31. The molecule has 0 aliphatic rings. The van der Waals surface area contributed by atoms with Gasteiger partial charge in [-0.3, -0.25) is 0 Å². The first-order valence-electron chi connectivity index (χ1n) is 3.28. The molecule has 0 amide bonds. The summed E-state index contributed by atoms with van der Waals surface area (Å²) >= 11 is 0. The van der Waals surface area contributed by atoms with E-state index in [2.05, 4.69) is 19.5 Å². The van der Waals surface area contributed by atoms with Gasteiger partial charge in [0, 0.05) is 0 Å². The number of hydrogen-bond donors (Lipinski definition) is 1. The van der Waals surface area contributed by atoms with Gasteiger partial charge in [-0.05, 0) is 30.5 Å². The van der Waals surface area contributed by atoms with Crippen LogP contribution >= 0.6 is 0 Å². The van der Waals surface area contributed by atoms with Gasteiger partial charge in [0.1, 0.15) is 0 Å².